The number of benzene rings is 1. The number of anilines is 1. The summed E-state index contributed by atoms with van der Waals surface area (Å²) in [6.45, 7) is 8.65. The van der Waals surface area contributed by atoms with Crippen molar-refractivity contribution in [2.75, 3.05) is 38.2 Å². The topological polar surface area (TPSA) is 112 Å². The average Bonchev–Trinajstić information content (AvgIpc) is 3.37. The van der Waals surface area contributed by atoms with Crippen molar-refractivity contribution < 1.29 is 19.1 Å². The van der Waals surface area contributed by atoms with Crippen LogP contribution in [0.15, 0.2) is 29.4 Å². The minimum Gasteiger partial charge on any atom is -0.379 e. The number of carbonyl (C=O) groups is 3. The number of nitrogens with zero attached hydrogens (tertiary/aromatic N) is 2. The Labute approximate surface area is 181 Å². The van der Waals surface area contributed by atoms with Gasteiger partial charge in [0.15, 0.2) is 0 Å². The molecule has 1 aromatic rings. The van der Waals surface area contributed by atoms with Crippen LogP contribution in [0.3, 0.4) is 0 Å². The molecule has 0 unspecified atom stereocenters. The third-order valence-corrected chi connectivity index (χ3v) is 6.23. The first kappa shape index (κ1) is 21.5. The number of rotatable bonds is 6. The molecule has 4 rings (SSSR count). The van der Waals surface area contributed by atoms with Crippen molar-refractivity contribution in [3.05, 3.63) is 29.8 Å². The summed E-state index contributed by atoms with van der Waals surface area (Å²) in [6, 6.07) is 7.35. The van der Waals surface area contributed by atoms with E-state index in [2.05, 4.69) is 21.2 Å². The van der Waals surface area contributed by atoms with E-state index in [1.54, 1.807) is 0 Å². The highest BCUT2D eigenvalue weighted by atomic mass is 16.5. The summed E-state index contributed by atoms with van der Waals surface area (Å²) in [5.41, 5.74) is 3.79. The Kier molecular flexibility index (Phi) is 5.81. The number of hydrogen-bond acceptors (Lipinski definition) is 6. The van der Waals surface area contributed by atoms with Gasteiger partial charge >= 0.3 is 0 Å². The highest BCUT2D eigenvalue weighted by molar-refractivity contribution is 6.19. The van der Waals surface area contributed by atoms with Gasteiger partial charge in [0.05, 0.1) is 37.3 Å². The van der Waals surface area contributed by atoms with Crippen LogP contribution in [0.25, 0.3) is 0 Å². The van der Waals surface area contributed by atoms with Crippen molar-refractivity contribution in [3.8, 4) is 0 Å². The lowest BCUT2D eigenvalue weighted by Crippen LogP contribution is -2.41. The minimum atomic E-state index is -0.716. The Morgan fingerprint density at radius 2 is 2.00 bits per heavy atom. The maximum Gasteiger partial charge on any atom is 0.245 e. The smallest absolute Gasteiger partial charge is 0.245 e. The van der Waals surface area contributed by atoms with E-state index >= 15 is 0 Å². The van der Waals surface area contributed by atoms with Crippen molar-refractivity contribution in [1.29, 1.82) is 0 Å². The molecule has 1 saturated carbocycles. The lowest BCUT2D eigenvalue weighted by molar-refractivity contribution is -0.127. The highest BCUT2D eigenvalue weighted by Crippen LogP contribution is 2.62. The molecule has 2 aliphatic heterocycles. The Morgan fingerprint density at radius 3 is 2.71 bits per heavy atom. The molecule has 2 heterocycles. The van der Waals surface area contributed by atoms with Gasteiger partial charge in [0.1, 0.15) is 0 Å². The minimum absolute atomic E-state index is 0.0195. The fourth-order valence-electron chi connectivity index (χ4n) is 4.63. The number of hydrogen-bond donors (Lipinski definition) is 3. The van der Waals surface area contributed by atoms with Crippen molar-refractivity contribution in [1.82, 2.24) is 15.6 Å². The van der Waals surface area contributed by atoms with Gasteiger partial charge in [-0.05, 0) is 19.9 Å². The van der Waals surface area contributed by atoms with Gasteiger partial charge in [-0.1, -0.05) is 25.1 Å². The molecule has 31 heavy (non-hydrogen) atoms. The zero-order chi connectivity index (χ0) is 22.2. The molecule has 166 valence electrons. The molecule has 2 fully saturated rings. The number of fused-ring (bicyclic) bond motifs is 1. The van der Waals surface area contributed by atoms with Crippen LogP contribution in [-0.4, -0.2) is 67.2 Å². The summed E-state index contributed by atoms with van der Waals surface area (Å²) in [5.74, 6) is -1.49. The van der Waals surface area contributed by atoms with Crippen LogP contribution in [0.5, 0.6) is 0 Å². The van der Waals surface area contributed by atoms with Gasteiger partial charge in [-0.15, -0.1) is 0 Å². The molecule has 1 saturated heterocycles. The number of amides is 3. The van der Waals surface area contributed by atoms with Crippen LogP contribution in [-0.2, 0) is 19.1 Å². The monoisotopic (exact) mass is 427 g/mol. The molecule has 0 aromatic heterocycles. The maximum atomic E-state index is 12.8. The van der Waals surface area contributed by atoms with E-state index in [9.17, 15) is 14.4 Å². The van der Waals surface area contributed by atoms with Crippen LogP contribution in [0.1, 0.15) is 26.3 Å². The highest BCUT2D eigenvalue weighted by Gasteiger charge is 2.72. The first-order chi connectivity index (χ1) is 14.8. The van der Waals surface area contributed by atoms with E-state index in [0.717, 1.165) is 13.1 Å². The number of ether oxygens (including phenoxy) is 1. The molecule has 0 bridgehead atoms. The number of carbonyl (C=O) groups excluding carboxylic acids is 3. The number of nitrogens with one attached hydrogen (secondary N) is 3. The second kappa shape index (κ2) is 8.39. The molecule has 3 N–H and O–H groups in total. The summed E-state index contributed by atoms with van der Waals surface area (Å²) in [4.78, 5) is 39.9. The van der Waals surface area contributed by atoms with E-state index < -0.39 is 17.3 Å². The lowest BCUT2D eigenvalue weighted by atomic mass is 9.89. The molecule has 1 aromatic carbocycles. The molecule has 3 amide bonds. The lowest BCUT2D eigenvalue weighted by Gasteiger charge is -2.26. The van der Waals surface area contributed by atoms with Crippen molar-refractivity contribution in [3.63, 3.8) is 0 Å². The van der Waals surface area contributed by atoms with Crippen LogP contribution < -0.4 is 16.1 Å². The van der Waals surface area contributed by atoms with Gasteiger partial charge in [-0.3, -0.25) is 19.3 Å². The van der Waals surface area contributed by atoms with Crippen molar-refractivity contribution in [2.24, 2.45) is 22.4 Å². The van der Waals surface area contributed by atoms with Gasteiger partial charge < -0.3 is 15.4 Å². The summed E-state index contributed by atoms with van der Waals surface area (Å²) >= 11 is 0. The standard InChI is InChI=1S/C22H29N5O4/c1-13(2)23-20(29)17-18-21(30)26-25-19(22(17,18)3)14-6-4-5-7-15(14)24-16(28)12-27-8-10-31-11-9-27/h4-7,13,17-18H,8-12H2,1-3H3,(H,23,29)(H,24,28)(H,26,30)/t17-,18+,22+/m0/s1. The van der Waals surface area contributed by atoms with Crippen LogP contribution >= 0.6 is 0 Å². The summed E-state index contributed by atoms with van der Waals surface area (Å²) < 4.78 is 5.33. The van der Waals surface area contributed by atoms with E-state index in [4.69, 9.17) is 4.74 Å². The Balaban J connectivity index is 1.56. The van der Waals surface area contributed by atoms with Gasteiger partial charge in [0.2, 0.25) is 17.7 Å². The molecule has 3 aliphatic rings. The summed E-state index contributed by atoms with van der Waals surface area (Å²) in [7, 11) is 0. The number of para-hydroxylation sites is 1. The molecule has 0 spiro atoms. The Bertz CT molecular complexity index is 924. The predicted octanol–water partition coefficient (Wildman–Crippen LogP) is 0.568. The quantitative estimate of drug-likeness (QED) is 0.615. The third-order valence-electron chi connectivity index (χ3n) is 6.23. The van der Waals surface area contributed by atoms with Crippen molar-refractivity contribution in [2.45, 2.75) is 26.8 Å². The molecule has 3 atom stereocenters. The second-order valence-electron chi connectivity index (χ2n) is 8.82. The fraction of sp³-hybridized carbons (Fsp3) is 0.545. The molecule has 0 radical (unpaired) electrons. The molecule has 9 heteroatoms. The summed E-state index contributed by atoms with van der Waals surface area (Å²) in [6.07, 6.45) is 0. The third kappa shape index (κ3) is 4.07. The van der Waals surface area contributed by atoms with Gasteiger partial charge in [-0.25, -0.2) is 5.43 Å². The van der Waals surface area contributed by atoms with E-state index in [-0.39, 0.29) is 30.3 Å². The van der Waals surface area contributed by atoms with Crippen LogP contribution in [0.4, 0.5) is 5.69 Å². The predicted molar refractivity (Wildman–Crippen MR) is 115 cm³/mol. The molecular weight excluding hydrogens is 398 g/mol. The van der Waals surface area contributed by atoms with Crippen LogP contribution in [0.2, 0.25) is 0 Å². The zero-order valence-electron chi connectivity index (χ0n) is 18.1. The Hall–Kier alpha value is -2.78. The molecule has 9 nitrogen and oxygen atoms in total. The van der Waals surface area contributed by atoms with Gasteiger partial charge in [0, 0.05) is 35.8 Å². The van der Waals surface area contributed by atoms with Crippen LogP contribution in [0, 0.1) is 17.3 Å². The summed E-state index contributed by atoms with van der Waals surface area (Å²) in [5, 5.41) is 10.2. The number of morpholine rings is 1. The van der Waals surface area contributed by atoms with Gasteiger partial charge in [0.25, 0.3) is 0 Å². The zero-order valence-corrected chi connectivity index (χ0v) is 18.1. The first-order valence-corrected chi connectivity index (χ1v) is 10.7. The SMILES string of the molecule is CC(C)NC(=O)[C@@H]1[C@@H]2C(=O)NN=C(c3ccccc3NC(=O)CN3CCOCC3)[C@]12C. The molecule has 1 aliphatic carbocycles. The fourth-order valence-corrected chi connectivity index (χ4v) is 4.63. The van der Waals surface area contributed by atoms with E-state index in [1.807, 2.05) is 49.9 Å². The second-order valence-corrected chi connectivity index (χ2v) is 8.82. The largest absolute Gasteiger partial charge is 0.379 e. The van der Waals surface area contributed by atoms with Gasteiger partial charge in [-0.2, -0.15) is 5.10 Å². The maximum absolute atomic E-state index is 12.8. The normalized spacial score (nSPS) is 27.7. The molecular formula is C22H29N5O4. The van der Waals surface area contributed by atoms with E-state index in [1.165, 1.54) is 0 Å². The van der Waals surface area contributed by atoms with E-state index in [0.29, 0.717) is 30.2 Å². The Morgan fingerprint density at radius 1 is 1.29 bits per heavy atom. The van der Waals surface area contributed by atoms with Crippen molar-refractivity contribution >= 4 is 29.1 Å². The number of hydrazone groups is 1. The average molecular weight is 428 g/mol. The first-order valence-electron chi connectivity index (χ1n) is 10.7.